The molecule has 1 aliphatic carbocycles. The van der Waals surface area contributed by atoms with Crippen LogP contribution in [0.2, 0.25) is 0 Å². The van der Waals surface area contributed by atoms with Crippen molar-refractivity contribution in [3.05, 3.63) is 18.0 Å². The van der Waals surface area contributed by atoms with Crippen LogP contribution in [0.1, 0.15) is 50.6 Å². The van der Waals surface area contributed by atoms with Crippen molar-refractivity contribution in [3.8, 4) is 0 Å². The molecule has 5 nitrogen and oxygen atoms in total. The van der Waals surface area contributed by atoms with Crippen LogP contribution in [0.3, 0.4) is 0 Å². The van der Waals surface area contributed by atoms with Crippen molar-refractivity contribution in [2.45, 2.75) is 45.1 Å². The lowest BCUT2D eigenvalue weighted by Gasteiger charge is -2.35. The van der Waals surface area contributed by atoms with Crippen molar-refractivity contribution < 1.29 is 4.79 Å². The first-order valence-corrected chi connectivity index (χ1v) is 7.06. The molecular formula is C13H20N4OS. The van der Waals surface area contributed by atoms with Crippen LogP contribution in [-0.4, -0.2) is 21.1 Å². The van der Waals surface area contributed by atoms with Gasteiger partial charge in [-0.15, -0.1) is 0 Å². The number of thiocarbonyl (C=S) groups is 1. The summed E-state index contributed by atoms with van der Waals surface area (Å²) in [7, 11) is 0. The van der Waals surface area contributed by atoms with E-state index >= 15 is 0 Å². The number of carbonyl (C=O) groups is 1. The van der Waals surface area contributed by atoms with Gasteiger partial charge in [-0.3, -0.25) is 9.89 Å². The predicted octanol–water partition coefficient (Wildman–Crippen LogP) is 1.82. The summed E-state index contributed by atoms with van der Waals surface area (Å²) in [5, 5.41) is 9.64. The summed E-state index contributed by atoms with van der Waals surface area (Å²) in [6.07, 6.45) is 8.15. The summed E-state index contributed by atoms with van der Waals surface area (Å²) in [5.74, 6) is -0.0478. The number of aromatic amines is 1. The van der Waals surface area contributed by atoms with E-state index in [1.54, 1.807) is 12.4 Å². The van der Waals surface area contributed by atoms with Gasteiger partial charge in [-0.1, -0.05) is 31.5 Å². The maximum Gasteiger partial charge on any atom is 0.233 e. The number of nitrogens with zero attached hydrogens (tertiary/aromatic N) is 1. The predicted molar refractivity (Wildman–Crippen MR) is 77.4 cm³/mol. The number of hydrogen-bond acceptors (Lipinski definition) is 3. The summed E-state index contributed by atoms with van der Waals surface area (Å²) in [6.45, 7) is 1.93. The Labute approximate surface area is 118 Å². The average molecular weight is 280 g/mol. The third-order valence-corrected chi connectivity index (χ3v) is 4.37. The van der Waals surface area contributed by atoms with Gasteiger partial charge in [0.15, 0.2) is 0 Å². The molecule has 1 saturated carbocycles. The van der Waals surface area contributed by atoms with E-state index in [4.69, 9.17) is 18.0 Å². The zero-order valence-electron chi connectivity index (χ0n) is 11.1. The fourth-order valence-electron chi connectivity index (χ4n) is 2.66. The van der Waals surface area contributed by atoms with Gasteiger partial charge in [0.25, 0.3) is 0 Å². The molecule has 6 heteroatoms. The van der Waals surface area contributed by atoms with Crippen LogP contribution in [0.5, 0.6) is 0 Å². The molecule has 1 heterocycles. The number of rotatable bonds is 4. The van der Waals surface area contributed by atoms with Crippen LogP contribution in [0, 0.1) is 5.41 Å². The van der Waals surface area contributed by atoms with Crippen LogP contribution in [0.25, 0.3) is 0 Å². The van der Waals surface area contributed by atoms with E-state index in [0.717, 1.165) is 37.7 Å². The molecule has 0 aromatic carbocycles. The summed E-state index contributed by atoms with van der Waals surface area (Å²) in [5.41, 5.74) is 6.13. The Morgan fingerprint density at radius 3 is 2.74 bits per heavy atom. The molecule has 4 N–H and O–H groups in total. The van der Waals surface area contributed by atoms with E-state index in [9.17, 15) is 4.79 Å². The van der Waals surface area contributed by atoms with Gasteiger partial charge in [0.2, 0.25) is 5.91 Å². The summed E-state index contributed by atoms with van der Waals surface area (Å²) in [4.78, 5) is 12.9. The van der Waals surface area contributed by atoms with Crippen LogP contribution in [0.15, 0.2) is 12.4 Å². The first kappa shape index (κ1) is 14.0. The van der Waals surface area contributed by atoms with Crippen LogP contribution in [-0.2, 0) is 4.79 Å². The molecule has 104 valence electrons. The van der Waals surface area contributed by atoms with Crippen molar-refractivity contribution in [3.63, 3.8) is 0 Å². The summed E-state index contributed by atoms with van der Waals surface area (Å²) < 4.78 is 0. The van der Waals surface area contributed by atoms with E-state index in [1.807, 2.05) is 6.92 Å². The fraction of sp³-hybridized carbons (Fsp3) is 0.615. The quantitative estimate of drug-likeness (QED) is 0.735. The van der Waals surface area contributed by atoms with Crippen LogP contribution in [0.4, 0.5) is 0 Å². The number of H-pyrrole nitrogens is 1. The van der Waals surface area contributed by atoms with Gasteiger partial charge in [-0.05, 0) is 19.8 Å². The molecule has 19 heavy (non-hydrogen) atoms. The van der Waals surface area contributed by atoms with Crippen LogP contribution < -0.4 is 11.1 Å². The number of hydrogen-bond donors (Lipinski definition) is 3. The van der Waals surface area contributed by atoms with Crippen molar-refractivity contribution >= 4 is 23.1 Å². The lowest BCUT2D eigenvalue weighted by molar-refractivity contribution is -0.129. The zero-order chi connectivity index (χ0) is 13.9. The lowest BCUT2D eigenvalue weighted by Crippen LogP contribution is -2.50. The van der Waals surface area contributed by atoms with Gasteiger partial charge in [0.05, 0.1) is 22.6 Å². The Morgan fingerprint density at radius 1 is 1.53 bits per heavy atom. The molecule has 1 unspecified atom stereocenters. The SMILES string of the molecule is CC(NC(=O)C1(C(N)=S)CCCCC1)c1cn[nH]c1. The highest BCUT2D eigenvalue weighted by Gasteiger charge is 2.42. The third-order valence-electron chi connectivity index (χ3n) is 3.98. The standard InChI is InChI=1S/C13H20N4OS/c1-9(10-7-15-16-8-10)17-12(18)13(11(14)19)5-3-2-4-6-13/h7-9H,2-6H2,1H3,(H2,14,19)(H,15,16)(H,17,18). The van der Waals surface area contributed by atoms with Crippen LogP contribution >= 0.6 is 12.2 Å². The topological polar surface area (TPSA) is 83.8 Å². The van der Waals surface area contributed by atoms with Crippen molar-refractivity contribution in [2.24, 2.45) is 11.1 Å². The largest absolute Gasteiger partial charge is 0.392 e. The number of amides is 1. The Hall–Kier alpha value is -1.43. The molecule has 0 aliphatic heterocycles. The Bertz CT molecular complexity index is 451. The van der Waals surface area contributed by atoms with Gasteiger partial charge >= 0.3 is 0 Å². The highest BCUT2D eigenvalue weighted by molar-refractivity contribution is 7.80. The van der Waals surface area contributed by atoms with E-state index in [-0.39, 0.29) is 11.9 Å². The molecule has 1 amide bonds. The Kier molecular flexibility index (Phi) is 4.19. The molecule has 1 aromatic heterocycles. The first-order chi connectivity index (χ1) is 9.06. The fourth-order valence-corrected chi connectivity index (χ4v) is 2.95. The van der Waals surface area contributed by atoms with Gasteiger partial charge in [-0.25, -0.2) is 0 Å². The number of nitrogens with one attached hydrogen (secondary N) is 2. The molecule has 1 aliphatic rings. The average Bonchev–Trinajstić information content (AvgIpc) is 2.93. The second kappa shape index (κ2) is 5.69. The summed E-state index contributed by atoms with van der Waals surface area (Å²) >= 11 is 5.16. The molecule has 1 atom stereocenters. The van der Waals surface area contributed by atoms with Crippen molar-refractivity contribution in [1.29, 1.82) is 0 Å². The molecule has 0 saturated heterocycles. The van der Waals surface area contributed by atoms with Crippen molar-refractivity contribution in [2.75, 3.05) is 0 Å². The van der Waals surface area contributed by atoms with Gasteiger partial charge in [-0.2, -0.15) is 5.10 Å². The van der Waals surface area contributed by atoms with Gasteiger partial charge in [0.1, 0.15) is 0 Å². The number of aromatic nitrogens is 2. The van der Waals surface area contributed by atoms with Gasteiger partial charge in [0, 0.05) is 11.8 Å². The summed E-state index contributed by atoms with van der Waals surface area (Å²) in [6, 6.07) is -0.0978. The third kappa shape index (κ3) is 2.78. The molecule has 0 bridgehead atoms. The molecule has 1 aromatic rings. The molecule has 0 spiro atoms. The van der Waals surface area contributed by atoms with E-state index in [2.05, 4.69) is 15.5 Å². The molecule has 1 fully saturated rings. The van der Waals surface area contributed by atoms with E-state index < -0.39 is 5.41 Å². The monoisotopic (exact) mass is 280 g/mol. The maximum absolute atomic E-state index is 12.6. The first-order valence-electron chi connectivity index (χ1n) is 6.66. The second-order valence-corrected chi connectivity index (χ2v) is 5.67. The Balaban J connectivity index is 2.10. The molecule has 2 rings (SSSR count). The number of nitrogens with two attached hydrogens (primary N) is 1. The van der Waals surface area contributed by atoms with Crippen molar-refractivity contribution in [1.82, 2.24) is 15.5 Å². The molecular weight excluding hydrogens is 260 g/mol. The zero-order valence-corrected chi connectivity index (χ0v) is 11.9. The minimum atomic E-state index is -0.661. The second-order valence-electron chi connectivity index (χ2n) is 5.23. The Morgan fingerprint density at radius 2 is 2.21 bits per heavy atom. The van der Waals surface area contributed by atoms with E-state index in [0.29, 0.717) is 4.99 Å². The molecule has 0 radical (unpaired) electrons. The lowest BCUT2D eigenvalue weighted by atomic mass is 9.73. The smallest absolute Gasteiger partial charge is 0.233 e. The van der Waals surface area contributed by atoms with Gasteiger partial charge < -0.3 is 11.1 Å². The van der Waals surface area contributed by atoms with E-state index in [1.165, 1.54) is 0 Å². The number of carbonyl (C=O) groups excluding carboxylic acids is 1. The minimum Gasteiger partial charge on any atom is -0.392 e. The maximum atomic E-state index is 12.6. The highest BCUT2D eigenvalue weighted by Crippen LogP contribution is 2.37. The minimum absolute atomic E-state index is 0.0478. The highest BCUT2D eigenvalue weighted by atomic mass is 32.1. The normalized spacial score (nSPS) is 19.6.